The molecule has 22 heavy (non-hydrogen) atoms. The van der Waals surface area contributed by atoms with E-state index in [2.05, 4.69) is 0 Å². The van der Waals surface area contributed by atoms with Crippen LogP contribution in [0.4, 0.5) is 0 Å². The van der Waals surface area contributed by atoms with Crippen molar-refractivity contribution in [1.29, 1.82) is 0 Å². The highest BCUT2D eigenvalue weighted by molar-refractivity contribution is 6.03. The lowest BCUT2D eigenvalue weighted by molar-refractivity contribution is -0.131. The van der Waals surface area contributed by atoms with Crippen molar-refractivity contribution in [1.82, 2.24) is 0 Å². The molecule has 0 unspecified atom stereocenters. The van der Waals surface area contributed by atoms with E-state index < -0.39 is 29.6 Å². The number of fused-ring (bicyclic) bond motifs is 2. The number of benzene rings is 1. The number of rotatable bonds is 1. The quantitative estimate of drug-likeness (QED) is 0.610. The zero-order valence-corrected chi connectivity index (χ0v) is 12.5. The molecule has 1 aromatic rings. The zero-order valence-electron chi connectivity index (χ0n) is 12.5. The zero-order chi connectivity index (χ0) is 16.2. The molecule has 0 spiro atoms. The number of aliphatic hydroxyl groups is 3. The average molecular weight is 308 g/mol. The van der Waals surface area contributed by atoms with Crippen LogP contribution in [0.5, 0.6) is 11.5 Å². The summed E-state index contributed by atoms with van der Waals surface area (Å²) in [6.07, 6.45) is -1.86. The average Bonchev–Trinajstić information content (AvgIpc) is 2.46. The van der Waals surface area contributed by atoms with Gasteiger partial charge < -0.3 is 25.2 Å². The lowest BCUT2D eigenvalue weighted by Gasteiger charge is -2.46. The summed E-state index contributed by atoms with van der Waals surface area (Å²) >= 11 is 0. The van der Waals surface area contributed by atoms with Gasteiger partial charge in [-0.2, -0.15) is 0 Å². The molecular formula is C16H20O6. The van der Waals surface area contributed by atoms with Crippen LogP contribution in [-0.2, 0) is 0 Å². The summed E-state index contributed by atoms with van der Waals surface area (Å²) in [5.41, 5.74) is -0.945. The molecule has 1 aromatic carbocycles. The van der Waals surface area contributed by atoms with Gasteiger partial charge in [-0.25, -0.2) is 0 Å². The lowest BCUT2D eigenvalue weighted by atomic mass is 9.62. The Bertz CT molecular complexity index is 623. The SMILES string of the molecule is COc1cc(O)c2c(c1)[C@@H](O)[C@H]1C[C@](C)(O)[C@@H](O)C[C@@H]1C2=O. The summed E-state index contributed by atoms with van der Waals surface area (Å²) in [4.78, 5) is 12.7. The largest absolute Gasteiger partial charge is 0.507 e. The minimum atomic E-state index is -1.35. The van der Waals surface area contributed by atoms with E-state index in [0.717, 1.165) is 0 Å². The Kier molecular flexibility index (Phi) is 3.43. The molecule has 4 N–H and O–H groups in total. The van der Waals surface area contributed by atoms with Crippen LogP contribution in [0.3, 0.4) is 0 Å². The van der Waals surface area contributed by atoms with Crippen LogP contribution in [0.2, 0.25) is 0 Å². The van der Waals surface area contributed by atoms with Crippen LogP contribution in [0.15, 0.2) is 12.1 Å². The van der Waals surface area contributed by atoms with Gasteiger partial charge >= 0.3 is 0 Å². The number of hydrogen-bond donors (Lipinski definition) is 4. The fourth-order valence-corrected chi connectivity index (χ4v) is 3.72. The maximum Gasteiger partial charge on any atom is 0.170 e. The Hall–Kier alpha value is -1.63. The summed E-state index contributed by atoms with van der Waals surface area (Å²) in [6.45, 7) is 1.50. The van der Waals surface area contributed by atoms with Crippen LogP contribution < -0.4 is 4.74 Å². The van der Waals surface area contributed by atoms with Gasteiger partial charge in [0, 0.05) is 17.9 Å². The molecule has 0 aromatic heterocycles. The Morgan fingerprint density at radius 3 is 2.64 bits per heavy atom. The first kappa shape index (κ1) is 15.3. The standard InChI is InChI=1S/C16H20O6/c1-16(21)6-10-8(5-12(16)18)15(20)13-9(14(10)19)3-7(22-2)4-11(13)17/h3-4,8,10,12,14,17-19,21H,5-6H2,1-2H3/t8-,10-,12-,14+,16-/m0/s1. The molecule has 0 saturated heterocycles. The second kappa shape index (κ2) is 4.94. The van der Waals surface area contributed by atoms with Crippen molar-refractivity contribution in [3.63, 3.8) is 0 Å². The highest BCUT2D eigenvalue weighted by Crippen LogP contribution is 2.50. The number of phenolic OH excluding ortho intramolecular Hbond substituents is 1. The van der Waals surface area contributed by atoms with Gasteiger partial charge in [-0.1, -0.05) is 0 Å². The van der Waals surface area contributed by atoms with Crippen molar-refractivity contribution in [2.75, 3.05) is 7.11 Å². The fourth-order valence-electron chi connectivity index (χ4n) is 3.72. The second-order valence-corrected chi connectivity index (χ2v) is 6.50. The van der Waals surface area contributed by atoms with Crippen molar-refractivity contribution < 1.29 is 30.0 Å². The topological polar surface area (TPSA) is 107 Å². The van der Waals surface area contributed by atoms with Gasteiger partial charge in [0.05, 0.1) is 30.5 Å². The number of phenols is 1. The van der Waals surface area contributed by atoms with Crippen molar-refractivity contribution >= 4 is 5.78 Å². The van der Waals surface area contributed by atoms with Gasteiger partial charge in [-0.05, 0) is 31.4 Å². The number of methoxy groups -OCH3 is 1. The molecule has 5 atom stereocenters. The normalized spacial score (nSPS) is 37.4. The van der Waals surface area contributed by atoms with Crippen molar-refractivity contribution in [3.8, 4) is 11.5 Å². The molecule has 2 aliphatic rings. The molecule has 0 amide bonds. The maximum absolute atomic E-state index is 12.7. The Morgan fingerprint density at radius 2 is 2.00 bits per heavy atom. The molecule has 120 valence electrons. The van der Waals surface area contributed by atoms with Crippen molar-refractivity contribution in [3.05, 3.63) is 23.3 Å². The van der Waals surface area contributed by atoms with Crippen molar-refractivity contribution in [2.24, 2.45) is 11.8 Å². The molecule has 0 aliphatic heterocycles. The third kappa shape index (κ3) is 2.10. The monoisotopic (exact) mass is 308 g/mol. The minimum absolute atomic E-state index is 0.0679. The van der Waals surface area contributed by atoms with E-state index in [1.165, 1.54) is 26.2 Å². The lowest BCUT2D eigenvalue weighted by Crippen LogP contribution is -2.52. The van der Waals surface area contributed by atoms with Gasteiger partial charge in [0.25, 0.3) is 0 Å². The van der Waals surface area contributed by atoms with E-state index in [-0.39, 0.29) is 29.9 Å². The van der Waals surface area contributed by atoms with Gasteiger partial charge in [-0.15, -0.1) is 0 Å². The third-order valence-electron chi connectivity index (χ3n) is 5.03. The van der Waals surface area contributed by atoms with Crippen molar-refractivity contribution in [2.45, 2.75) is 37.6 Å². The highest BCUT2D eigenvalue weighted by Gasteiger charge is 2.52. The molecular weight excluding hydrogens is 288 g/mol. The molecule has 1 fully saturated rings. The smallest absolute Gasteiger partial charge is 0.170 e. The van der Waals surface area contributed by atoms with Gasteiger partial charge in [-0.3, -0.25) is 4.79 Å². The van der Waals surface area contributed by atoms with Crippen LogP contribution in [-0.4, -0.2) is 45.0 Å². The van der Waals surface area contributed by atoms with E-state index in [0.29, 0.717) is 11.3 Å². The number of aromatic hydroxyl groups is 1. The van der Waals surface area contributed by atoms with Gasteiger partial charge in [0.15, 0.2) is 5.78 Å². The second-order valence-electron chi connectivity index (χ2n) is 6.50. The first-order chi connectivity index (χ1) is 10.3. The summed E-state index contributed by atoms with van der Waals surface area (Å²) < 4.78 is 5.07. The van der Waals surface area contributed by atoms with Crippen LogP contribution in [0.1, 0.15) is 41.8 Å². The Labute approximate surface area is 128 Å². The molecule has 0 heterocycles. The third-order valence-corrected chi connectivity index (χ3v) is 5.03. The number of carbonyl (C=O) groups excluding carboxylic acids is 1. The number of hydrogen-bond acceptors (Lipinski definition) is 6. The van der Waals surface area contributed by atoms with E-state index in [9.17, 15) is 25.2 Å². The predicted molar refractivity (Wildman–Crippen MR) is 76.8 cm³/mol. The molecule has 0 radical (unpaired) electrons. The molecule has 1 saturated carbocycles. The van der Waals surface area contributed by atoms with Gasteiger partial charge in [0.2, 0.25) is 0 Å². The number of Topliss-reactive ketones (excluding diaryl/α,β-unsaturated/α-hetero) is 1. The van der Waals surface area contributed by atoms with Gasteiger partial charge in [0.1, 0.15) is 11.5 Å². The van der Waals surface area contributed by atoms with E-state index >= 15 is 0 Å². The molecule has 6 nitrogen and oxygen atoms in total. The van der Waals surface area contributed by atoms with E-state index in [1.807, 2.05) is 0 Å². The molecule has 3 rings (SSSR count). The molecule has 0 bridgehead atoms. The summed E-state index contributed by atoms with van der Waals surface area (Å²) in [5, 5.41) is 41.0. The number of ether oxygens (including phenoxy) is 1. The van der Waals surface area contributed by atoms with Crippen LogP contribution in [0.25, 0.3) is 0 Å². The summed E-state index contributed by atoms with van der Waals surface area (Å²) in [5.74, 6) is -1.30. The highest BCUT2D eigenvalue weighted by atomic mass is 16.5. The predicted octanol–water partition coefficient (Wildman–Crippen LogP) is 0.769. The maximum atomic E-state index is 12.7. The first-order valence-electron chi connectivity index (χ1n) is 7.30. The van der Waals surface area contributed by atoms with Crippen LogP contribution >= 0.6 is 0 Å². The number of aliphatic hydroxyl groups excluding tert-OH is 2. The fraction of sp³-hybridized carbons (Fsp3) is 0.562. The number of carbonyl (C=O) groups is 1. The van der Waals surface area contributed by atoms with E-state index in [1.54, 1.807) is 0 Å². The minimum Gasteiger partial charge on any atom is -0.507 e. The van der Waals surface area contributed by atoms with Crippen LogP contribution in [0, 0.1) is 11.8 Å². The summed E-state index contributed by atoms with van der Waals surface area (Å²) in [7, 11) is 1.43. The van der Waals surface area contributed by atoms with E-state index in [4.69, 9.17) is 4.74 Å². The molecule has 2 aliphatic carbocycles. The Morgan fingerprint density at radius 1 is 1.32 bits per heavy atom. The molecule has 6 heteroatoms. The Balaban J connectivity index is 2.10. The number of ketones is 1. The first-order valence-corrected chi connectivity index (χ1v) is 7.30. The summed E-state index contributed by atoms with van der Waals surface area (Å²) in [6, 6.07) is 2.87.